The van der Waals surface area contributed by atoms with Gasteiger partial charge < -0.3 is 9.84 Å². The molecule has 4 heteroatoms. The van der Waals surface area contributed by atoms with Gasteiger partial charge in [-0.05, 0) is 24.1 Å². The minimum absolute atomic E-state index is 0.289. The summed E-state index contributed by atoms with van der Waals surface area (Å²) in [5, 5.41) is 9.09. The second-order valence-corrected chi connectivity index (χ2v) is 4.03. The third kappa shape index (κ3) is 2.93. The van der Waals surface area contributed by atoms with Crippen LogP contribution in [-0.4, -0.2) is 36.3 Å². The Morgan fingerprint density at radius 3 is 3.00 bits per heavy atom. The maximum Gasteiger partial charge on any atom is 0.165 e. The van der Waals surface area contributed by atoms with Crippen molar-refractivity contribution in [1.82, 2.24) is 4.90 Å². The lowest BCUT2D eigenvalue weighted by Gasteiger charge is -2.19. The predicted octanol–water partition coefficient (Wildman–Crippen LogP) is 1.75. The Hall–Kier alpha value is -1.13. The van der Waals surface area contributed by atoms with Crippen LogP contribution in [0.5, 0.6) is 5.75 Å². The summed E-state index contributed by atoms with van der Waals surface area (Å²) in [6.07, 6.45) is 1.01. The Bertz CT molecular complexity index is 349. The molecule has 0 saturated carbocycles. The van der Waals surface area contributed by atoms with E-state index in [2.05, 4.69) is 4.90 Å². The Morgan fingerprint density at radius 2 is 2.19 bits per heavy atom. The summed E-state index contributed by atoms with van der Waals surface area (Å²) in [4.78, 5) is 2.23. The maximum atomic E-state index is 13.1. The zero-order valence-corrected chi connectivity index (χ0v) is 9.16. The Balaban J connectivity index is 1.99. The van der Waals surface area contributed by atoms with Crippen molar-refractivity contribution in [2.24, 2.45) is 0 Å². The molecule has 1 aliphatic rings. The number of halogens is 1. The fourth-order valence-corrected chi connectivity index (χ4v) is 1.86. The molecule has 0 amide bonds. The summed E-state index contributed by atoms with van der Waals surface area (Å²) < 4.78 is 18.5. The fraction of sp³-hybridized carbons (Fsp3) is 0.500. The average Bonchev–Trinajstić information content (AvgIpc) is 2.52. The van der Waals surface area contributed by atoms with Crippen LogP contribution < -0.4 is 0 Å². The van der Waals surface area contributed by atoms with Crippen molar-refractivity contribution >= 4 is 0 Å². The number of aromatic hydroxyl groups is 1. The number of phenols is 1. The van der Waals surface area contributed by atoms with Gasteiger partial charge in [0.2, 0.25) is 0 Å². The van der Waals surface area contributed by atoms with Gasteiger partial charge in [0.05, 0.1) is 6.61 Å². The van der Waals surface area contributed by atoms with Crippen molar-refractivity contribution in [2.45, 2.75) is 13.0 Å². The van der Waals surface area contributed by atoms with Crippen LogP contribution in [0.1, 0.15) is 12.0 Å². The highest BCUT2D eigenvalue weighted by atomic mass is 19.1. The molecular formula is C12H16FNO2. The van der Waals surface area contributed by atoms with Crippen LogP contribution in [0.3, 0.4) is 0 Å². The zero-order valence-electron chi connectivity index (χ0n) is 9.16. The van der Waals surface area contributed by atoms with Crippen molar-refractivity contribution < 1.29 is 14.2 Å². The van der Waals surface area contributed by atoms with E-state index in [0.717, 1.165) is 38.3 Å². The van der Waals surface area contributed by atoms with Gasteiger partial charge in [0.25, 0.3) is 0 Å². The molecule has 88 valence electrons. The number of hydrogen-bond acceptors (Lipinski definition) is 3. The minimum atomic E-state index is -0.552. The van der Waals surface area contributed by atoms with E-state index in [9.17, 15) is 4.39 Å². The number of benzene rings is 1. The van der Waals surface area contributed by atoms with E-state index in [1.165, 1.54) is 12.1 Å². The molecule has 3 nitrogen and oxygen atoms in total. The van der Waals surface area contributed by atoms with Crippen LogP contribution in [0.25, 0.3) is 0 Å². The van der Waals surface area contributed by atoms with Gasteiger partial charge in [0, 0.05) is 26.2 Å². The van der Waals surface area contributed by atoms with Gasteiger partial charge in [0.15, 0.2) is 11.6 Å². The highest BCUT2D eigenvalue weighted by Gasteiger charge is 2.10. The van der Waals surface area contributed by atoms with E-state index in [1.807, 2.05) is 0 Å². The SMILES string of the molecule is Oc1ccc(CN2CCCOCC2)cc1F. The van der Waals surface area contributed by atoms with Gasteiger partial charge in [-0.3, -0.25) is 4.90 Å². The van der Waals surface area contributed by atoms with E-state index in [0.29, 0.717) is 6.54 Å². The smallest absolute Gasteiger partial charge is 0.165 e. The third-order valence-electron chi connectivity index (χ3n) is 2.73. The molecule has 1 saturated heterocycles. The van der Waals surface area contributed by atoms with Gasteiger partial charge in [-0.15, -0.1) is 0 Å². The van der Waals surface area contributed by atoms with Crippen molar-refractivity contribution in [3.05, 3.63) is 29.6 Å². The first-order chi connectivity index (χ1) is 7.75. The van der Waals surface area contributed by atoms with Crippen LogP contribution in [0.15, 0.2) is 18.2 Å². The lowest BCUT2D eigenvalue weighted by atomic mass is 10.2. The van der Waals surface area contributed by atoms with Gasteiger partial charge in [-0.2, -0.15) is 0 Å². The topological polar surface area (TPSA) is 32.7 Å². The predicted molar refractivity (Wildman–Crippen MR) is 58.8 cm³/mol. The van der Waals surface area contributed by atoms with E-state index in [1.54, 1.807) is 6.07 Å². The molecule has 0 radical (unpaired) electrons. The quantitative estimate of drug-likeness (QED) is 0.832. The van der Waals surface area contributed by atoms with Crippen LogP contribution >= 0.6 is 0 Å². The van der Waals surface area contributed by atoms with Gasteiger partial charge in [-0.25, -0.2) is 4.39 Å². The van der Waals surface area contributed by atoms with Crippen molar-refractivity contribution in [3.63, 3.8) is 0 Å². The number of hydrogen-bond donors (Lipinski definition) is 1. The second-order valence-electron chi connectivity index (χ2n) is 4.03. The third-order valence-corrected chi connectivity index (χ3v) is 2.73. The fourth-order valence-electron chi connectivity index (χ4n) is 1.86. The molecule has 0 unspecified atom stereocenters. The minimum Gasteiger partial charge on any atom is -0.505 e. The summed E-state index contributed by atoms with van der Waals surface area (Å²) in [6, 6.07) is 4.55. The monoisotopic (exact) mass is 225 g/mol. The first-order valence-electron chi connectivity index (χ1n) is 5.53. The van der Waals surface area contributed by atoms with Crippen LogP contribution in [0.2, 0.25) is 0 Å². The molecule has 0 aromatic heterocycles. The highest BCUT2D eigenvalue weighted by molar-refractivity contribution is 5.27. The Labute approximate surface area is 94.4 Å². The molecule has 1 aromatic carbocycles. The van der Waals surface area contributed by atoms with E-state index >= 15 is 0 Å². The average molecular weight is 225 g/mol. The van der Waals surface area contributed by atoms with E-state index in [4.69, 9.17) is 9.84 Å². The Kier molecular flexibility index (Phi) is 3.74. The molecule has 0 spiro atoms. The first-order valence-corrected chi connectivity index (χ1v) is 5.53. The molecule has 1 N–H and O–H groups in total. The van der Waals surface area contributed by atoms with Crippen LogP contribution in [0, 0.1) is 5.82 Å². The molecular weight excluding hydrogens is 209 g/mol. The largest absolute Gasteiger partial charge is 0.505 e. The standard InChI is InChI=1S/C12H16FNO2/c13-11-8-10(2-3-12(11)15)9-14-4-1-6-16-7-5-14/h2-3,8,15H,1,4-7,9H2. The summed E-state index contributed by atoms with van der Waals surface area (Å²) in [7, 11) is 0. The highest BCUT2D eigenvalue weighted by Crippen LogP contribution is 2.17. The van der Waals surface area contributed by atoms with Crippen molar-refractivity contribution in [1.29, 1.82) is 0 Å². The summed E-state index contributed by atoms with van der Waals surface area (Å²) in [6.45, 7) is 4.10. The molecule has 2 rings (SSSR count). The van der Waals surface area contributed by atoms with Gasteiger partial charge in [-0.1, -0.05) is 6.07 Å². The lowest BCUT2D eigenvalue weighted by molar-refractivity contribution is 0.140. The van der Waals surface area contributed by atoms with Gasteiger partial charge >= 0.3 is 0 Å². The Morgan fingerprint density at radius 1 is 1.31 bits per heavy atom. The molecule has 1 aliphatic heterocycles. The molecule has 0 atom stereocenters. The first kappa shape index (κ1) is 11.4. The normalized spacial score (nSPS) is 18.3. The van der Waals surface area contributed by atoms with E-state index in [-0.39, 0.29) is 5.75 Å². The van der Waals surface area contributed by atoms with Crippen LogP contribution in [-0.2, 0) is 11.3 Å². The van der Waals surface area contributed by atoms with Gasteiger partial charge in [0.1, 0.15) is 0 Å². The zero-order chi connectivity index (χ0) is 11.4. The molecule has 0 bridgehead atoms. The molecule has 1 fully saturated rings. The van der Waals surface area contributed by atoms with E-state index < -0.39 is 5.82 Å². The maximum absolute atomic E-state index is 13.1. The summed E-state index contributed by atoms with van der Waals surface area (Å²) >= 11 is 0. The van der Waals surface area contributed by atoms with Crippen molar-refractivity contribution in [3.8, 4) is 5.75 Å². The lowest BCUT2D eigenvalue weighted by Crippen LogP contribution is -2.25. The number of phenolic OH excluding ortho intramolecular Hbond substituents is 1. The number of ether oxygens (including phenoxy) is 1. The molecule has 1 heterocycles. The molecule has 1 aromatic rings. The molecule has 16 heavy (non-hydrogen) atoms. The van der Waals surface area contributed by atoms with Crippen molar-refractivity contribution in [2.75, 3.05) is 26.3 Å². The second kappa shape index (κ2) is 5.27. The number of nitrogens with zero attached hydrogens (tertiary/aromatic N) is 1. The summed E-state index contributed by atoms with van der Waals surface area (Å²) in [5.74, 6) is -0.841. The number of rotatable bonds is 2. The molecule has 0 aliphatic carbocycles. The summed E-state index contributed by atoms with van der Waals surface area (Å²) in [5.41, 5.74) is 0.886. The van der Waals surface area contributed by atoms with Crippen LogP contribution in [0.4, 0.5) is 4.39 Å².